The van der Waals surface area contributed by atoms with Gasteiger partial charge in [-0.3, -0.25) is 9.59 Å². The predicted octanol–water partition coefficient (Wildman–Crippen LogP) is 10.7. The molecule has 2 unspecified atom stereocenters. The number of fused-ring (bicyclic) bond motifs is 1. The first kappa shape index (κ1) is 33.4. The maximum atomic E-state index is 13.7. The Labute approximate surface area is 275 Å². The summed E-state index contributed by atoms with van der Waals surface area (Å²) in [6, 6.07) is 8.17. The molecule has 0 fully saturated rings. The van der Waals surface area contributed by atoms with E-state index < -0.39 is 0 Å². The summed E-state index contributed by atoms with van der Waals surface area (Å²) in [7, 11) is 3.64. The van der Waals surface area contributed by atoms with Gasteiger partial charge in [0.2, 0.25) is 0 Å². The van der Waals surface area contributed by atoms with Crippen LogP contribution in [0.15, 0.2) is 41.4 Å². The minimum Gasteiger partial charge on any atom is -0.309 e. The molecule has 4 aromatic rings. The molecule has 228 valence electrons. The lowest BCUT2D eigenvalue weighted by Crippen LogP contribution is -2.24. The second kappa shape index (κ2) is 15.0. The lowest BCUT2D eigenvalue weighted by atomic mass is 9.93. The van der Waals surface area contributed by atoms with Gasteiger partial charge in [0.25, 0.3) is 11.1 Å². The second-order valence-electron chi connectivity index (χ2n) is 11.7. The van der Waals surface area contributed by atoms with E-state index >= 15 is 0 Å². The SMILES string of the molecule is CCCCC(CC)Cc1cc(-c2cc3c(cc(-c4cc(CC(CC)CCCC)c(Br)s4)c(=O)n3C)n(C)c2=O)sc1Br. The van der Waals surface area contributed by atoms with Crippen molar-refractivity contribution in [3.8, 4) is 20.9 Å². The monoisotopic (exact) mass is 734 g/mol. The van der Waals surface area contributed by atoms with Crippen molar-refractivity contribution in [3.05, 3.63) is 63.7 Å². The van der Waals surface area contributed by atoms with Crippen LogP contribution in [0.3, 0.4) is 0 Å². The fourth-order valence-corrected chi connectivity index (χ4v) is 9.33. The molecule has 0 amide bonds. The van der Waals surface area contributed by atoms with Crippen LogP contribution in [0.2, 0.25) is 0 Å². The number of thiophene rings is 2. The van der Waals surface area contributed by atoms with E-state index in [0.29, 0.717) is 23.0 Å². The van der Waals surface area contributed by atoms with Crippen molar-refractivity contribution >= 4 is 65.6 Å². The van der Waals surface area contributed by atoms with E-state index in [4.69, 9.17) is 0 Å². The topological polar surface area (TPSA) is 44.0 Å². The molecule has 0 saturated heterocycles. The summed E-state index contributed by atoms with van der Waals surface area (Å²) >= 11 is 10.8. The Morgan fingerprint density at radius 1 is 0.667 bits per heavy atom. The standard InChI is InChI=1S/C34H44Br2N2O2S2/c1-7-11-13-21(9-3)15-23-17-29(41-31(23)35)25-19-27-28(37(5)33(25)39)20-26(34(40)38(27)6)30-18-24(32(36)42-30)16-22(10-4)14-12-8-2/h17-22H,7-16H2,1-6H3. The zero-order chi connectivity index (χ0) is 30.6. The number of rotatable bonds is 14. The number of pyridine rings is 2. The molecule has 0 spiro atoms. The lowest BCUT2D eigenvalue weighted by Gasteiger charge is -2.14. The van der Waals surface area contributed by atoms with Gasteiger partial charge >= 0.3 is 0 Å². The van der Waals surface area contributed by atoms with Crippen molar-refractivity contribution in [1.82, 2.24) is 9.13 Å². The Morgan fingerprint density at radius 3 is 1.38 bits per heavy atom. The zero-order valence-corrected chi connectivity index (χ0v) is 30.6. The van der Waals surface area contributed by atoms with Crippen LogP contribution < -0.4 is 11.1 Å². The molecule has 2 atom stereocenters. The van der Waals surface area contributed by atoms with Crippen LogP contribution in [0.1, 0.15) is 90.2 Å². The third-order valence-electron chi connectivity index (χ3n) is 8.77. The molecule has 0 saturated carbocycles. The molecule has 0 aliphatic heterocycles. The molecule has 0 aromatic carbocycles. The quantitative estimate of drug-likeness (QED) is 0.129. The normalized spacial score (nSPS) is 13.2. The molecular formula is C34H44Br2N2O2S2. The largest absolute Gasteiger partial charge is 0.309 e. The lowest BCUT2D eigenvalue weighted by molar-refractivity contribution is 0.449. The van der Waals surface area contributed by atoms with E-state index in [9.17, 15) is 9.59 Å². The number of aromatic nitrogens is 2. The number of halogens is 2. The number of hydrogen-bond donors (Lipinski definition) is 0. The molecule has 8 heteroatoms. The first-order chi connectivity index (χ1) is 20.1. The summed E-state index contributed by atoms with van der Waals surface area (Å²) in [5, 5.41) is 0. The highest BCUT2D eigenvalue weighted by Crippen LogP contribution is 2.39. The van der Waals surface area contributed by atoms with Crippen LogP contribution in [0.5, 0.6) is 0 Å². The van der Waals surface area contributed by atoms with E-state index in [1.165, 1.54) is 49.7 Å². The molecule has 0 aliphatic rings. The van der Waals surface area contributed by atoms with Crippen molar-refractivity contribution in [2.24, 2.45) is 25.9 Å². The Hall–Kier alpha value is -1.48. The minimum atomic E-state index is -0.0415. The van der Waals surface area contributed by atoms with E-state index in [2.05, 4.69) is 71.7 Å². The van der Waals surface area contributed by atoms with Crippen molar-refractivity contribution in [2.45, 2.75) is 91.9 Å². The molecule has 0 N–H and O–H groups in total. The smallest absolute Gasteiger partial charge is 0.259 e. The number of nitrogens with zero attached hydrogens (tertiary/aromatic N) is 2. The number of unbranched alkanes of at least 4 members (excludes halogenated alkanes) is 2. The van der Waals surface area contributed by atoms with Crippen LogP contribution in [-0.2, 0) is 26.9 Å². The molecule has 4 nitrogen and oxygen atoms in total. The molecule has 42 heavy (non-hydrogen) atoms. The van der Waals surface area contributed by atoms with Crippen LogP contribution in [-0.4, -0.2) is 9.13 Å². The summed E-state index contributed by atoms with van der Waals surface area (Å²) in [4.78, 5) is 29.3. The zero-order valence-electron chi connectivity index (χ0n) is 25.8. The highest BCUT2D eigenvalue weighted by Gasteiger charge is 2.21. The van der Waals surface area contributed by atoms with E-state index in [1.807, 2.05) is 26.2 Å². The fourth-order valence-electron chi connectivity index (χ4n) is 5.88. The van der Waals surface area contributed by atoms with Crippen molar-refractivity contribution in [1.29, 1.82) is 0 Å². The third kappa shape index (κ3) is 7.24. The molecule has 0 aliphatic carbocycles. The van der Waals surface area contributed by atoms with Gasteiger partial charge in [0.05, 0.1) is 29.7 Å². The molecule has 0 bridgehead atoms. The van der Waals surface area contributed by atoms with E-state index in [0.717, 1.165) is 54.0 Å². The van der Waals surface area contributed by atoms with Gasteiger partial charge in [0.1, 0.15) is 0 Å². The highest BCUT2D eigenvalue weighted by atomic mass is 79.9. The first-order valence-electron chi connectivity index (χ1n) is 15.4. The first-order valence-corrected chi connectivity index (χ1v) is 18.7. The fraction of sp³-hybridized carbons (Fsp3) is 0.529. The Balaban J connectivity index is 1.73. The van der Waals surface area contributed by atoms with Gasteiger partial charge in [0, 0.05) is 23.8 Å². The van der Waals surface area contributed by atoms with Gasteiger partial charge in [0.15, 0.2) is 0 Å². The molecule has 4 rings (SSSR count). The summed E-state index contributed by atoms with van der Waals surface area (Å²) in [5.74, 6) is 1.29. The molecular weight excluding hydrogens is 692 g/mol. The summed E-state index contributed by atoms with van der Waals surface area (Å²) in [6.45, 7) is 9.01. The maximum absolute atomic E-state index is 13.7. The Bertz CT molecular complexity index is 1520. The molecule has 4 aromatic heterocycles. The van der Waals surface area contributed by atoms with Gasteiger partial charge in [-0.25, -0.2) is 0 Å². The van der Waals surface area contributed by atoms with Gasteiger partial charge in [-0.15, -0.1) is 22.7 Å². The van der Waals surface area contributed by atoms with Gasteiger partial charge in [-0.2, -0.15) is 0 Å². The minimum absolute atomic E-state index is 0.0415. The van der Waals surface area contributed by atoms with Crippen LogP contribution in [0.4, 0.5) is 0 Å². The summed E-state index contributed by atoms with van der Waals surface area (Å²) in [6.07, 6.45) is 11.7. The summed E-state index contributed by atoms with van der Waals surface area (Å²) in [5.41, 5.74) is 5.27. The summed E-state index contributed by atoms with van der Waals surface area (Å²) < 4.78 is 5.60. The average molecular weight is 737 g/mol. The second-order valence-corrected chi connectivity index (χ2v) is 16.4. The number of aryl methyl sites for hydroxylation is 2. The van der Waals surface area contributed by atoms with Crippen LogP contribution >= 0.6 is 54.5 Å². The Morgan fingerprint density at radius 2 is 1.05 bits per heavy atom. The van der Waals surface area contributed by atoms with Crippen molar-refractivity contribution in [2.75, 3.05) is 0 Å². The van der Waals surface area contributed by atoms with Crippen molar-refractivity contribution < 1.29 is 0 Å². The average Bonchev–Trinajstić information content (AvgIpc) is 3.53. The molecule has 4 heterocycles. The molecule has 0 radical (unpaired) electrons. The number of hydrogen-bond acceptors (Lipinski definition) is 4. The van der Waals surface area contributed by atoms with E-state index in [1.54, 1.807) is 31.8 Å². The third-order valence-corrected chi connectivity index (χ3v) is 12.8. The highest BCUT2D eigenvalue weighted by molar-refractivity contribution is 9.11. The van der Waals surface area contributed by atoms with Crippen molar-refractivity contribution in [3.63, 3.8) is 0 Å². The van der Waals surface area contributed by atoms with Crippen LogP contribution in [0, 0.1) is 11.8 Å². The van der Waals surface area contributed by atoms with Gasteiger partial charge < -0.3 is 9.13 Å². The van der Waals surface area contributed by atoms with Gasteiger partial charge in [-0.1, -0.05) is 79.1 Å². The van der Waals surface area contributed by atoms with Gasteiger partial charge in [-0.05, 0) is 91.9 Å². The van der Waals surface area contributed by atoms with Crippen LogP contribution in [0.25, 0.3) is 31.9 Å². The maximum Gasteiger partial charge on any atom is 0.259 e. The predicted molar refractivity (Wildman–Crippen MR) is 190 cm³/mol. The Kier molecular flexibility index (Phi) is 11.9. The van der Waals surface area contributed by atoms with E-state index in [-0.39, 0.29) is 11.1 Å².